The third-order valence-electron chi connectivity index (χ3n) is 3.78. The molecule has 3 aromatic rings. The van der Waals surface area contributed by atoms with E-state index < -0.39 is 17.4 Å². The van der Waals surface area contributed by atoms with Crippen molar-refractivity contribution in [3.05, 3.63) is 58.5 Å². The first-order valence-corrected chi connectivity index (χ1v) is 7.58. The smallest absolute Gasteiger partial charge is 0.417 e. The second-order valence-corrected chi connectivity index (χ2v) is 5.58. The standard InChI is InChI=1S/C17H15F3N2O3/c1-22-10-21-9-11(22)3-2-6-24-12-4-5-13-14(17(18,19)20)8-16(23)25-15(13)7-12/h4-5,7-10H,2-3,6H2,1H3. The molecular weight excluding hydrogens is 337 g/mol. The summed E-state index contributed by atoms with van der Waals surface area (Å²) in [6, 6.07) is 4.44. The lowest BCUT2D eigenvalue weighted by Gasteiger charge is -2.11. The van der Waals surface area contributed by atoms with Crippen molar-refractivity contribution in [3.8, 4) is 5.75 Å². The van der Waals surface area contributed by atoms with Gasteiger partial charge in [-0.1, -0.05) is 0 Å². The molecule has 0 bridgehead atoms. The van der Waals surface area contributed by atoms with E-state index in [0.29, 0.717) is 24.8 Å². The molecule has 0 unspecified atom stereocenters. The zero-order valence-electron chi connectivity index (χ0n) is 13.3. The van der Waals surface area contributed by atoms with Gasteiger partial charge in [0.05, 0.1) is 18.5 Å². The van der Waals surface area contributed by atoms with Crippen LogP contribution in [0.25, 0.3) is 11.0 Å². The maximum atomic E-state index is 13.0. The number of ether oxygens (including phenoxy) is 1. The van der Waals surface area contributed by atoms with Crippen LogP contribution in [0.15, 0.2) is 46.0 Å². The number of rotatable bonds is 5. The van der Waals surface area contributed by atoms with E-state index in [1.807, 2.05) is 11.6 Å². The van der Waals surface area contributed by atoms with Crippen LogP contribution in [0.2, 0.25) is 0 Å². The lowest BCUT2D eigenvalue weighted by Crippen LogP contribution is -2.11. The fraction of sp³-hybridized carbons (Fsp3) is 0.294. The summed E-state index contributed by atoms with van der Waals surface area (Å²) >= 11 is 0. The van der Waals surface area contributed by atoms with Gasteiger partial charge in [0, 0.05) is 36.5 Å². The van der Waals surface area contributed by atoms with E-state index >= 15 is 0 Å². The maximum absolute atomic E-state index is 13.0. The molecule has 0 N–H and O–H groups in total. The average Bonchev–Trinajstić information content (AvgIpc) is 2.94. The van der Waals surface area contributed by atoms with Crippen LogP contribution < -0.4 is 10.4 Å². The Morgan fingerprint density at radius 2 is 2.08 bits per heavy atom. The average molecular weight is 352 g/mol. The molecule has 25 heavy (non-hydrogen) atoms. The molecule has 0 fully saturated rings. The molecule has 0 radical (unpaired) electrons. The molecule has 3 rings (SSSR count). The molecule has 0 atom stereocenters. The largest absolute Gasteiger partial charge is 0.493 e. The van der Waals surface area contributed by atoms with Crippen molar-refractivity contribution in [3.63, 3.8) is 0 Å². The summed E-state index contributed by atoms with van der Waals surface area (Å²) in [6.45, 7) is 0.375. The van der Waals surface area contributed by atoms with Crippen molar-refractivity contribution in [2.45, 2.75) is 19.0 Å². The summed E-state index contributed by atoms with van der Waals surface area (Å²) in [4.78, 5) is 15.4. The molecule has 132 valence electrons. The van der Waals surface area contributed by atoms with E-state index in [2.05, 4.69) is 4.98 Å². The first kappa shape index (κ1) is 17.1. The highest BCUT2D eigenvalue weighted by Gasteiger charge is 2.33. The Balaban J connectivity index is 1.73. The third-order valence-corrected chi connectivity index (χ3v) is 3.78. The highest BCUT2D eigenvalue weighted by Crippen LogP contribution is 2.34. The number of nitrogens with zero attached hydrogens (tertiary/aromatic N) is 2. The van der Waals surface area contributed by atoms with Gasteiger partial charge in [0.15, 0.2) is 0 Å². The Bertz CT molecular complexity index is 944. The van der Waals surface area contributed by atoms with Crippen LogP contribution in [-0.4, -0.2) is 16.2 Å². The van der Waals surface area contributed by atoms with Crippen LogP contribution in [0.5, 0.6) is 5.75 Å². The monoisotopic (exact) mass is 352 g/mol. The van der Waals surface area contributed by atoms with Crippen molar-refractivity contribution in [2.75, 3.05) is 6.61 Å². The Labute approximate surface area is 140 Å². The maximum Gasteiger partial charge on any atom is 0.417 e. The minimum absolute atomic E-state index is 0.149. The Kier molecular flexibility index (Phi) is 4.52. The fourth-order valence-electron chi connectivity index (χ4n) is 2.54. The van der Waals surface area contributed by atoms with Gasteiger partial charge in [0.1, 0.15) is 11.3 Å². The van der Waals surface area contributed by atoms with E-state index in [9.17, 15) is 18.0 Å². The van der Waals surface area contributed by atoms with Gasteiger partial charge in [-0.3, -0.25) is 0 Å². The zero-order chi connectivity index (χ0) is 18.0. The number of halogens is 3. The number of hydrogen-bond acceptors (Lipinski definition) is 4. The zero-order valence-corrected chi connectivity index (χ0v) is 13.3. The van der Waals surface area contributed by atoms with Crippen LogP contribution in [0.3, 0.4) is 0 Å². The fourth-order valence-corrected chi connectivity index (χ4v) is 2.54. The van der Waals surface area contributed by atoms with Crippen molar-refractivity contribution in [1.82, 2.24) is 9.55 Å². The molecule has 2 aromatic heterocycles. The van der Waals surface area contributed by atoms with Gasteiger partial charge in [-0.15, -0.1) is 0 Å². The van der Waals surface area contributed by atoms with Crippen LogP contribution in [0, 0.1) is 0 Å². The highest BCUT2D eigenvalue weighted by molar-refractivity contribution is 5.82. The Morgan fingerprint density at radius 1 is 1.28 bits per heavy atom. The predicted octanol–water partition coefficient (Wildman–Crippen LogP) is 3.56. The highest BCUT2D eigenvalue weighted by atomic mass is 19.4. The third kappa shape index (κ3) is 3.84. The summed E-state index contributed by atoms with van der Waals surface area (Å²) in [5, 5.41) is -0.172. The SMILES string of the molecule is Cn1cncc1CCCOc1ccc2c(C(F)(F)F)cc(=O)oc2c1. The minimum Gasteiger partial charge on any atom is -0.493 e. The van der Waals surface area contributed by atoms with Crippen molar-refractivity contribution >= 4 is 11.0 Å². The lowest BCUT2D eigenvalue weighted by atomic mass is 10.1. The summed E-state index contributed by atoms with van der Waals surface area (Å²) in [7, 11) is 1.90. The normalized spacial score (nSPS) is 11.8. The second-order valence-electron chi connectivity index (χ2n) is 5.58. The molecule has 0 spiro atoms. The lowest BCUT2D eigenvalue weighted by molar-refractivity contribution is -0.136. The molecule has 2 heterocycles. The first-order valence-electron chi connectivity index (χ1n) is 7.58. The van der Waals surface area contributed by atoms with E-state index in [4.69, 9.17) is 9.15 Å². The molecule has 1 aromatic carbocycles. The number of imidazole rings is 1. The first-order chi connectivity index (χ1) is 11.8. The molecule has 0 aliphatic rings. The predicted molar refractivity (Wildman–Crippen MR) is 84.5 cm³/mol. The summed E-state index contributed by atoms with van der Waals surface area (Å²) < 4.78 is 51.3. The van der Waals surface area contributed by atoms with Gasteiger partial charge in [0.25, 0.3) is 0 Å². The van der Waals surface area contributed by atoms with Gasteiger partial charge in [-0.2, -0.15) is 13.2 Å². The number of hydrogen-bond donors (Lipinski definition) is 0. The van der Waals surface area contributed by atoms with Crippen LogP contribution >= 0.6 is 0 Å². The summed E-state index contributed by atoms with van der Waals surface area (Å²) in [6.07, 6.45) is 0.324. The molecule has 0 aliphatic heterocycles. The van der Waals surface area contributed by atoms with Gasteiger partial charge >= 0.3 is 11.8 Å². The minimum atomic E-state index is -4.63. The van der Waals surface area contributed by atoms with Crippen LogP contribution in [0.4, 0.5) is 13.2 Å². The van der Waals surface area contributed by atoms with Crippen molar-refractivity contribution in [1.29, 1.82) is 0 Å². The van der Waals surface area contributed by atoms with Gasteiger partial charge in [0.2, 0.25) is 0 Å². The molecule has 0 saturated carbocycles. The van der Waals surface area contributed by atoms with Crippen molar-refractivity contribution in [2.24, 2.45) is 7.05 Å². The van der Waals surface area contributed by atoms with Crippen LogP contribution in [-0.2, 0) is 19.6 Å². The molecule has 0 aliphatic carbocycles. The Morgan fingerprint density at radius 3 is 2.76 bits per heavy atom. The second kappa shape index (κ2) is 6.62. The summed E-state index contributed by atoms with van der Waals surface area (Å²) in [5.74, 6) is 0.347. The topological polar surface area (TPSA) is 57.3 Å². The Hall–Kier alpha value is -2.77. The van der Waals surface area contributed by atoms with Crippen molar-refractivity contribution < 1.29 is 22.3 Å². The van der Waals surface area contributed by atoms with E-state index in [1.54, 1.807) is 12.5 Å². The van der Waals surface area contributed by atoms with Gasteiger partial charge in [-0.25, -0.2) is 9.78 Å². The quantitative estimate of drug-likeness (QED) is 0.520. The molecule has 0 amide bonds. The van der Waals surface area contributed by atoms with Gasteiger partial charge in [-0.05, 0) is 25.0 Å². The van der Waals surface area contributed by atoms with E-state index in [1.165, 1.54) is 18.2 Å². The molecule has 5 nitrogen and oxygen atoms in total. The van der Waals surface area contributed by atoms with E-state index in [0.717, 1.165) is 12.1 Å². The van der Waals surface area contributed by atoms with Crippen LogP contribution in [0.1, 0.15) is 17.7 Å². The number of alkyl halides is 3. The number of fused-ring (bicyclic) bond motifs is 1. The van der Waals surface area contributed by atoms with E-state index in [-0.39, 0.29) is 11.0 Å². The molecule has 0 saturated heterocycles. The number of benzene rings is 1. The number of aromatic nitrogens is 2. The summed E-state index contributed by atoms with van der Waals surface area (Å²) in [5.41, 5.74) is -1.15. The number of aryl methyl sites for hydroxylation is 2. The molecular formula is C17H15F3N2O3. The molecule has 8 heteroatoms. The van der Waals surface area contributed by atoms with Gasteiger partial charge < -0.3 is 13.7 Å².